The molecule has 4 aliphatic carbocycles. The quantitative estimate of drug-likeness (QED) is 0.0533. The highest BCUT2D eigenvalue weighted by atomic mass is 32.7. The predicted octanol–water partition coefficient (Wildman–Crippen LogP) is 12.8. The minimum Gasteiger partial charge on any atom is -0.404 e. The zero-order valence-corrected chi connectivity index (χ0v) is 37.7. The van der Waals surface area contributed by atoms with E-state index in [1.165, 1.54) is 39.0 Å². The Hall–Kier alpha value is -6.84. The molecule has 0 saturated carbocycles. The standard InChI is InChI=1S/C59H51N3PS/c1-2-49(35-36-60)63(64,50-29-23-43(24-30-50)56(47-21-19-39-11-3-5-15-45(39)37-47)54-33-27-41-13-7-9-17-52(41)58(54)61)51-31-25-44(26-32-51)57(48-22-20-40-12-4-6-16-46(40)38-48)55-34-28-42-14-8-10-18-53(42)59(55)62/h2-36,41,52,64H,37-38,60-62H2,1H3/q+1/b36-35-,49-2+,56-47-,57-48-. The maximum Gasteiger partial charge on any atom is 0.167 e. The van der Waals surface area contributed by atoms with Crippen LogP contribution in [0.2, 0.25) is 0 Å². The topological polar surface area (TPSA) is 78.1 Å². The SMILES string of the molecule is C/C=C(\C=C/N)[P+](S)(c1ccc(/C(C2=C(N)C3C=CC=CC3C=C2)=C2\C=Cc3ccccc3C2)cc1)c1ccc(/C(=C2\C=Cc3ccccc3C2)c2ccc3ccccc3c2N)cc1. The Kier molecular flexibility index (Phi) is 11.2. The third-order valence-electron chi connectivity index (χ3n) is 13.3. The van der Waals surface area contributed by atoms with E-state index in [2.05, 4.69) is 207 Å². The lowest BCUT2D eigenvalue weighted by molar-refractivity contribution is 0.613. The molecule has 0 heterocycles. The smallest absolute Gasteiger partial charge is 0.167 e. The van der Waals surface area contributed by atoms with Gasteiger partial charge >= 0.3 is 0 Å². The van der Waals surface area contributed by atoms with Crippen molar-refractivity contribution in [2.75, 3.05) is 5.73 Å². The van der Waals surface area contributed by atoms with E-state index in [0.29, 0.717) is 0 Å². The maximum atomic E-state index is 7.15. The third-order valence-corrected chi connectivity index (χ3v) is 18.6. The summed E-state index contributed by atoms with van der Waals surface area (Å²) in [5.74, 6) is 0.381. The predicted molar refractivity (Wildman–Crippen MR) is 280 cm³/mol. The molecule has 4 aliphatic rings. The zero-order chi connectivity index (χ0) is 43.8. The Morgan fingerprint density at radius 1 is 0.609 bits per heavy atom. The number of nitrogen functional groups attached to an aromatic ring is 1. The highest BCUT2D eigenvalue weighted by molar-refractivity contribution is 8.59. The van der Waals surface area contributed by atoms with Crippen molar-refractivity contribution in [3.05, 3.63) is 267 Å². The third kappa shape index (κ3) is 7.37. The van der Waals surface area contributed by atoms with Crippen molar-refractivity contribution in [3.8, 4) is 0 Å². The van der Waals surface area contributed by atoms with Crippen LogP contribution in [0.3, 0.4) is 0 Å². The number of rotatable bonds is 8. The molecule has 312 valence electrons. The van der Waals surface area contributed by atoms with Crippen LogP contribution < -0.4 is 27.8 Å². The molecular formula is C59H51N3PS+. The number of allylic oxidation sites excluding steroid dienone is 15. The molecule has 6 N–H and O–H groups in total. The van der Waals surface area contributed by atoms with Crippen LogP contribution in [0.25, 0.3) is 34.1 Å². The number of benzene rings is 6. The van der Waals surface area contributed by atoms with Crippen LogP contribution in [0.15, 0.2) is 228 Å². The van der Waals surface area contributed by atoms with Gasteiger partial charge in [0.15, 0.2) is 6.46 Å². The van der Waals surface area contributed by atoms with Crippen LogP contribution in [0.4, 0.5) is 5.69 Å². The van der Waals surface area contributed by atoms with Crippen molar-refractivity contribution < 1.29 is 0 Å². The number of fused-ring (bicyclic) bond motifs is 4. The van der Waals surface area contributed by atoms with Crippen LogP contribution >= 0.6 is 18.7 Å². The van der Waals surface area contributed by atoms with Crippen molar-refractivity contribution in [2.24, 2.45) is 23.3 Å². The largest absolute Gasteiger partial charge is 0.404 e. The molecule has 10 rings (SSSR count). The molecule has 5 heteroatoms. The van der Waals surface area contributed by atoms with Gasteiger partial charge in [0.2, 0.25) is 0 Å². The van der Waals surface area contributed by atoms with Gasteiger partial charge in [-0.2, -0.15) is 0 Å². The van der Waals surface area contributed by atoms with Crippen LogP contribution in [-0.2, 0) is 12.8 Å². The lowest BCUT2D eigenvalue weighted by Gasteiger charge is -2.30. The molecule has 3 nitrogen and oxygen atoms in total. The molecule has 6 aromatic rings. The average Bonchev–Trinajstić information content (AvgIpc) is 3.35. The maximum absolute atomic E-state index is 7.15. The summed E-state index contributed by atoms with van der Waals surface area (Å²) in [6.45, 7) is -0.421. The van der Waals surface area contributed by atoms with Gasteiger partial charge in [-0.15, -0.1) is 0 Å². The summed E-state index contributed by atoms with van der Waals surface area (Å²) < 4.78 is 0. The first-order valence-corrected chi connectivity index (χ1v) is 25.0. The van der Waals surface area contributed by atoms with Gasteiger partial charge in [0.25, 0.3) is 0 Å². The Labute approximate surface area is 383 Å². The van der Waals surface area contributed by atoms with Gasteiger partial charge in [0.1, 0.15) is 15.9 Å². The fourth-order valence-electron chi connectivity index (χ4n) is 9.96. The zero-order valence-electron chi connectivity index (χ0n) is 35.9. The van der Waals surface area contributed by atoms with Gasteiger partial charge in [-0.25, -0.2) is 0 Å². The molecular weight excluding hydrogens is 814 g/mol. The van der Waals surface area contributed by atoms with Gasteiger partial charge < -0.3 is 17.2 Å². The van der Waals surface area contributed by atoms with Crippen molar-refractivity contribution >= 4 is 69.1 Å². The molecule has 64 heavy (non-hydrogen) atoms. The second-order valence-corrected chi connectivity index (χ2v) is 21.5. The van der Waals surface area contributed by atoms with Crippen molar-refractivity contribution in [1.82, 2.24) is 0 Å². The first kappa shape index (κ1) is 41.2. The Balaban J connectivity index is 1.08. The summed E-state index contributed by atoms with van der Waals surface area (Å²) in [6, 6.07) is 48.1. The molecule has 0 bridgehead atoms. The Morgan fingerprint density at radius 2 is 1.19 bits per heavy atom. The molecule has 3 unspecified atom stereocenters. The summed E-state index contributed by atoms with van der Waals surface area (Å²) >= 11 is 5.75. The second kappa shape index (κ2) is 17.4. The lowest BCUT2D eigenvalue weighted by Crippen LogP contribution is -2.24. The van der Waals surface area contributed by atoms with Gasteiger partial charge in [-0.05, 0) is 123 Å². The number of hydrogen-bond donors (Lipinski definition) is 4. The Morgan fingerprint density at radius 3 is 1.83 bits per heavy atom. The number of thiol groups is 1. The Bertz CT molecular complexity index is 3150. The van der Waals surface area contributed by atoms with Crippen LogP contribution in [0.1, 0.15) is 45.9 Å². The molecule has 0 fully saturated rings. The summed E-state index contributed by atoms with van der Waals surface area (Å²) in [4.78, 5) is 0. The van der Waals surface area contributed by atoms with E-state index in [1.807, 2.05) is 6.08 Å². The molecule has 0 amide bonds. The summed E-state index contributed by atoms with van der Waals surface area (Å²) in [5, 5.41) is 5.53. The summed E-state index contributed by atoms with van der Waals surface area (Å²) in [6.07, 6.45) is 29.7. The minimum absolute atomic E-state index is 0.123. The minimum atomic E-state index is -2.49. The molecule has 0 aromatic heterocycles. The van der Waals surface area contributed by atoms with Crippen LogP contribution in [0, 0.1) is 11.8 Å². The number of hydrogen-bond acceptors (Lipinski definition) is 4. The second-order valence-electron chi connectivity index (χ2n) is 16.9. The first-order chi connectivity index (χ1) is 31.3. The summed E-state index contributed by atoms with van der Waals surface area (Å²) in [5.41, 5.74) is 36.4. The first-order valence-electron chi connectivity index (χ1n) is 22.0. The molecule has 0 radical (unpaired) electrons. The van der Waals surface area contributed by atoms with E-state index in [9.17, 15) is 0 Å². The molecule has 0 aliphatic heterocycles. The van der Waals surface area contributed by atoms with Crippen LogP contribution in [-0.4, -0.2) is 0 Å². The number of anilines is 1. The van der Waals surface area contributed by atoms with E-state index in [-0.39, 0.29) is 11.8 Å². The van der Waals surface area contributed by atoms with Gasteiger partial charge in [-0.3, -0.25) is 0 Å². The van der Waals surface area contributed by atoms with Gasteiger partial charge in [0.05, 0.1) is 0 Å². The fraction of sp³-hybridized carbons (Fsp3) is 0.0847. The van der Waals surface area contributed by atoms with Crippen molar-refractivity contribution in [3.63, 3.8) is 0 Å². The van der Waals surface area contributed by atoms with Crippen LogP contribution in [0.5, 0.6) is 0 Å². The van der Waals surface area contributed by atoms with E-state index in [1.54, 1.807) is 6.20 Å². The lowest BCUT2D eigenvalue weighted by atomic mass is 9.76. The fourth-order valence-corrected chi connectivity index (χ4v) is 14.0. The normalized spacial score (nSPS) is 20.2. The van der Waals surface area contributed by atoms with Gasteiger partial charge in [0, 0.05) is 52.0 Å². The highest BCUT2D eigenvalue weighted by Crippen LogP contribution is 2.68. The van der Waals surface area contributed by atoms with Gasteiger partial charge in [-0.1, -0.05) is 170 Å². The molecule has 3 atom stereocenters. The van der Waals surface area contributed by atoms with E-state index >= 15 is 0 Å². The summed E-state index contributed by atoms with van der Waals surface area (Å²) in [7, 11) is 0. The van der Waals surface area contributed by atoms with Crippen molar-refractivity contribution in [1.29, 1.82) is 0 Å². The monoisotopic (exact) mass is 864 g/mol. The van der Waals surface area contributed by atoms with E-state index < -0.39 is 6.46 Å². The average molecular weight is 865 g/mol. The van der Waals surface area contributed by atoms with E-state index in [0.717, 1.165) is 78.8 Å². The molecule has 0 spiro atoms. The highest BCUT2D eigenvalue weighted by Gasteiger charge is 2.43. The molecule has 0 saturated heterocycles. The van der Waals surface area contributed by atoms with Crippen molar-refractivity contribution in [2.45, 2.75) is 19.8 Å². The number of nitrogens with two attached hydrogens (primary N) is 3. The van der Waals surface area contributed by atoms with E-state index in [4.69, 9.17) is 29.4 Å². The molecule has 6 aromatic carbocycles.